The number of rotatable bonds is 3. The highest BCUT2D eigenvalue weighted by Crippen LogP contribution is 2.40. The molecule has 6 nitrogen and oxygen atoms in total. The third kappa shape index (κ3) is 2.23. The predicted octanol–water partition coefficient (Wildman–Crippen LogP) is 3.86. The highest BCUT2D eigenvalue weighted by atomic mass is 16.6. The molecule has 0 amide bonds. The van der Waals surface area contributed by atoms with E-state index in [2.05, 4.69) is 5.18 Å². The molecule has 0 heterocycles. The molecular weight excluding hydrogens is 258 g/mol. The Kier molecular flexibility index (Phi) is 3.47. The van der Waals surface area contributed by atoms with Crippen LogP contribution in [0.4, 0.5) is 17.1 Å². The number of nitro benzene ring substituents is 1. The standard InChI is InChI=1S/C14H13N3O3/c1-8-3-4-10(7-9(8)2)11-5-6-12(17(19)20)13(15)14(11)16-18/h3-7H,15H2,1-2H3. The van der Waals surface area contributed by atoms with Gasteiger partial charge in [-0.3, -0.25) is 10.1 Å². The van der Waals surface area contributed by atoms with Gasteiger partial charge in [-0.05, 0) is 41.8 Å². The highest BCUT2D eigenvalue weighted by Gasteiger charge is 2.20. The summed E-state index contributed by atoms with van der Waals surface area (Å²) in [7, 11) is 0. The smallest absolute Gasteiger partial charge is 0.294 e. The number of nitroso groups, excluding NO2 is 1. The molecule has 2 aromatic rings. The van der Waals surface area contributed by atoms with Crippen LogP contribution in [0.1, 0.15) is 11.1 Å². The van der Waals surface area contributed by atoms with Crippen molar-refractivity contribution in [2.24, 2.45) is 5.18 Å². The van der Waals surface area contributed by atoms with Crippen LogP contribution in [0.3, 0.4) is 0 Å². The van der Waals surface area contributed by atoms with E-state index in [0.717, 1.165) is 16.7 Å². The Morgan fingerprint density at radius 1 is 1.15 bits per heavy atom. The summed E-state index contributed by atoms with van der Waals surface area (Å²) in [6, 6.07) is 8.42. The quantitative estimate of drug-likeness (QED) is 0.396. The number of anilines is 1. The molecule has 0 atom stereocenters. The van der Waals surface area contributed by atoms with Crippen molar-refractivity contribution >= 4 is 17.1 Å². The van der Waals surface area contributed by atoms with E-state index in [1.165, 1.54) is 12.1 Å². The van der Waals surface area contributed by atoms with Gasteiger partial charge >= 0.3 is 0 Å². The molecule has 0 saturated heterocycles. The molecule has 0 unspecified atom stereocenters. The maximum atomic E-state index is 11.0. The van der Waals surface area contributed by atoms with Gasteiger partial charge in [0, 0.05) is 11.6 Å². The van der Waals surface area contributed by atoms with Gasteiger partial charge in [0.2, 0.25) is 0 Å². The minimum atomic E-state index is -0.631. The van der Waals surface area contributed by atoms with Gasteiger partial charge in [0.15, 0.2) is 0 Å². The van der Waals surface area contributed by atoms with Crippen LogP contribution in [0.5, 0.6) is 0 Å². The second-order valence-corrected chi connectivity index (χ2v) is 4.54. The van der Waals surface area contributed by atoms with Gasteiger partial charge in [-0.2, -0.15) is 0 Å². The first-order valence-corrected chi connectivity index (χ1v) is 5.93. The summed E-state index contributed by atoms with van der Waals surface area (Å²) in [5, 5.41) is 13.7. The Balaban J connectivity index is 2.68. The van der Waals surface area contributed by atoms with Crippen molar-refractivity contribution in [1.29, 1.82) is 0 Å². The lowest BCUT2D eigenvalue weighted by atomic mass is 9.98. The van der Waals surface area contributed by atoms with E-state index in [9.17, 15) is 15.0 Å². The number of nitrogen functional groups attached to an aromatic ring is 1. The molecule has 0 fully saturated rings. The fourth-order valence-corrected chi connectivity index (χ4v) is 2.00. The van der Waals surface area contributed by atoms with Crippen LogP contribution in [0.2, 0.25) is 0 Å². The second-order valence-electron chi connectivity index (χ2n) is 4.54. The molecule has 6 heteroatoms. The monoisotopic (exact) mass is 271 g/mol. The van der Waals surface area contributed by atoms with E-state index >= 15 is 0 Å². The summed E-state index contributed by atoms with van der Waals surface area (Å²) in [6.45, 7) is 3.92. The van der Waals surface area contributed by atoms with Gasteiger partial charge in [0.1, 0.15) is 11.4 Å². The van der Waals surface area contributed by atoms with Crippen molar-refractivity contribution in [2.75, 3.05) is 5.73 Å². The summed E-state index contributed by atoms with van der Waals surface area (Å²) in [5.41, 5.74) is 8.46. The average molecular weight is 271 g/mol. The molecule has 0 aliphatic rings. The number of nitro groups is 1. The lowest BCUT2D eigenvalue weighted by Gasteiger charge is -2.09. The molecule has 0 aliphatic carbocycles. The van der Waals surface area contributed by atoms with Crippen LogP contribution in [0, 0.1) is 28.9 Å². The largest absolute Gasteiger partial charge is 0.391 e. The molecule has 0 bridgehead atoms. The van der Waals surface area contributed by atoms with E-state index in [0.29, 0.717) is 5.56 Å². The van der Waals surface area contributed by atoms with Crippen molar-refractivity contribution in [2.45, 2.75) is 13.8 Å². The van der Waals surface area contributed by atoms with Crippen molar-refractivity contribution in [3.8, 4) is 11.1 Å². The summed E-state index contributed by atoms with van der Waals surface area (Å²) in [4.78, 5) is 21.2. The summed E-state index contributed by atoms with van der Waals surface area (Å²) < 4.78 is 0. The summed E-state index contributed by atoms with van der Waals surface area (Å²) in [5.74, 6) is 0. The zero-order chi connectivity index (χ0) is 14.9. The molecule has 0 aromatic heterocycles. The molecule has 0 spiro atoms. The molecule has 2 rings (SSSR count). The first-order valence-electron chi connectivity index (χ1n) is 5.93. The molecule has 0 aliphatic heterocycles. The number of benzene rings is 2. The maximum Gasteiger partial charge on any atom is 0.294 e. The third-order valence-electron chi connectivity index (χ3n) is 3.30. The SMILES string of the molecule is Cc1ccc(-c2ccc([N+](=O)[O-])c(N)c2N=O)cc1C. The van der Waals surface area contributed by atoms with E-state index in [1.54, 1.807) is 0 Å². The van der Waals surface area contributed by atoms with Gasteiger partial charge in [0.25, 0.3) is 5.69 Å². The van der Waals surface area contributed by atoms with Crippen molar-refractivity contribution in [3.63, 3.8) is 0 Å². The van der Waals surface area contributed by atoms with Gasteiger partial charge < -0.3 is 5.73 Å². The number of nitrogens with zero attached hydrogens (tertiary/aromatic N) is 2. The van der Waals surface area contributed by atoms with E-state index in [-0.39, 0.29) is 17.1 Å². The molecule has 20 heavy (non-hydrogen) atoms. The van der Waals surface area contributed by atoms with E-state index in [4.69, 9.17) is 5.73 Å². The van der Waals surface area contributed by atoms with Gasteiger partial charge in [-0.25, -0.2) is 0 Å². The lowest BCUT2D eigenvalue weighted by molar-refractivity contribution is -0.383. The molecule has 0 radical (unpaired) electrons. The number of nitrogens with two attached hydrogens (primary N) is 1. The predicted molar refractivity (Wildman–Crippen MR) is 77.9 cm³/mol. The Morgan fingerprint density at radius 2 is 1.85 bits per heavy atom. The first-order chi connectivity index (χ1) is 9.45. The van der Waals surface area contributed by atoms with Crippen LogP contribution >= 0.6 is 0 Å². The maximum absolute atomic E-state index is 11.0. The third-order valence-corrected chi connectivity index (χ3v) is 3.30. The zero-order valence-corrected chi connectivity index (χ0v) is 11.1. The lowest BCUT2D eigenvalue weighted by Crippen LogP contribution is -1.97. The zero-order valence-electron chi connectivity index (χ0n) is 11.1. The number of hydrogen-bond donors (Lipinski definition) is 1. The van der Waals surface area contributed by atoms with E-state index in [1.807, 2.05) is 32.0 Å². The molecule has 2 aromatic carbocycles. The second kappa shape index (κ2) is 5.08. The molecular formula is C14H13N3O3. The Morgan fingerprint density at radius 3 is 2.40 bits per heavy atom. The van der Waals surface area contributed by atoms with Crippen molar-refractivity contribution in [3.05, 3.63) is 56.5 Å². The molecule has 0 saturated carbocycles. The minimum absolute atomic E-state index is 0.0950. The van der Waals surface area contributed by atoms with Crippen molar-refractivity contribution < 1.29 is 4.92 Å². The Bertz CT molecular complexity index is 711. The fraction of sp³-hybridized carbons (Fsp3) is 0.143. The first kappa shape index (κ1) is 13.7. The van der Waals surface area contributed by atoms with Crippen LogP contribution in [-0.4, -0.2) is 4.92 Å². The van der Waals surface area contributed by atoms with Gasteiger partial charge in [0.05, 0.1) is 4.92 Å². The highest BCUT2D eigenvalue weighted by molar-refractivity contribution is 5.88. The van der Waals surface area contributed by atoms with Crippen LogP contribution < -0.4 is 5.73 Å². The fourth-order valence-electron chi connectivity index (χ4n) is 2.00. The topological polar surface area (TPSA) is 98.6 Å². The van der Waals surface area contributed by atoms with Crippen molar-refractivity contribution in [1.82, 2.24) is 0 Å². The Labute approximate surface area is 115 Å². The Hall–Kier alpha value is -2.76. The van der Waals surface area contributed by atoms with Crippen LogP contribution in [0.15, 0.2) is 35.5 Å². The number of aryl methyl sites for hydroxylation is 2. The summed E-state index contributed by atoms with van der Waals surface area (Å²) >= 11 is 0. The average Bonchev–Trinajstić information content (AvgIpc) is 2.41. The minimum Gasteiger partial charge on any atom is -0.391 e. The number of hydrogen-bond acceptors (Lipinski definition) is 5. The van der Waals surface area contributed by atoms with Crippen LogP contribution in [0.25, 0.3) is 11.1 Å². The van der Waals surface area contributed by atoms with E-state index < -0.39 is 4.92 Å². The van der Waals surface area contributed by atoms with Gasteiger partial charge in [-0.15, -0.1) is 4.91 Å². The molecule has 102 valence electrons. The van der Waals surface area contributed by atoms with Crippen LogP contribution in [-0.2, 0) is 0 Å². The summed E-state index contributed by atoms with van der Waals surface area (Å²) in [6.07, 6.45) is 0. The normalized spacial score (nSPS) is 10.3. The van der Waals surface area contributed by atoms with Gasteiger partial charge in [-0.1, -0.05) is 18.2 Å². The molecule has 2 N–H and O–H groups in total.